The van der Waals surface area contributed by atoms with Crippen LogP contribution in [0, 0.1) is 0 Å². The lowest BCUT2D eigenvalue weighted by Crippen LogP contribution is -2.51. The van der Waals surface area contributed by atoms with E-state index in [-0.39, 0.29) is 26.1 Å². The highest BCUT2D eigenvalue weighted by Gasteiger charge is 2.27. The molecule has 0 bridgehead atoms. The molecule has 0 amide bonds. The Hall–Kier alpha value is -3.75. The minimum absolute atomic E-state index is 0.0845. The van der Waals surface area contributed by atoms with E-state index < -0.39 is 68.6 Å². The lowest BCUT2D eigenvalue weighted by atomic mass is 10.0. The van der Waals surface area contributed by atoms with Crippen molar-refractivity contribution in [1.82, 2.24) is 14.7 Å². The molecule has 5 N–H and O–H groups in total. The van der Waals surface area contributed by atoms with Gasteiger partial charge in [0.25, 0.3) is 0 Å². The summed E-state index contributed by atoms with van der Waals surface area (Å²) in [6, 6.07) is 5.93. The number of thiocarbonyl (C=S) groups is 1. The van der Waals surface area contributed by atoms with Gasteiger partial charge in [0.2, 0.25) is 0 Å². The van der Waals surface area contributed by atoms with Crippen molar-refractivity contribution in [2.75, 3.05) is 52.4 Å². The molecular weight excluding hydrogens is 512 g/mol. The molecule has 0 fully saturated rings. The topological polar surface area (TPSA) is 209 Å². The van der Waals surface area contributed by atoms with E-state index in [1.807, 2.05) is 0 Å². The van der Waals surface area contributed by atoms with E-state index in [1.54, 1.807) is 24.3 Å². The van der Waals surface area contributed by atoms with Gasteiger partial charge in [-0.15, -0.1) is 0 Å². The van der Waals surface area contributed by atoms with Crippen molar-refractivity contribution < 1.29 is 49.5 Å². The molecule has 0 saturated heterocycles. The van der Waals surface area contributed by atoms with Crippen molar-refractivity contribution in [1.29, 1.82) is 0 Å². The molecule has 0 aliphatic carbocycles. The Balaban J connectivity index is 3.30. The predicted octanol–water partition coefficient (Wildman–Crippen LogP) is -0.339. The minimum atomic E-state index is -1.28. The zero-order valence-corrected chi connectivity index (χ0v) is 20.5. The molecule has 0 heterocycles. The quantitative estimate of drug-likeness (QED) is 0.112. The van der Waals surface area contributed by atoms with Crippen LogP contribution in [0.15, 0.2) is 29.3 Å². The smallest absolute Gasteiger partial charge is 0.317 e. The third kappa shape index (κ3) is 13.8. The fourth-order valence-corrected chi connectivity index (χ4v) is 3.74. The highest BCUT2D eigenvalue weighted by atomic mass is 32.1. The number of aliphatic carboxylic acids is 5. The second-order valence-corrected chi connectivity index (χ2v) is 8.23. The first-order chi connectivity index (χ1) is 17.4. The van der Waals surface area contributed by atoms with Gasteiger partial charge in [-0.1, -0.05) is 12.1 Å². The van der Waals surface area contributed by atoms with Crippen LogP contribution in [-0.2, 0) is 30.4 Å². The van der Waals surface area contributed by atoms with Gasteiger partial charge in [-0.05, 0) is 36.3 Å². The summed E-state index contributed by atoms with van der Waals surface area (Å²) in [4.78, 5) is 64.1. The van der Waals surface area contributed by atoms with E-state index in [0.29, 0.717) is 11.3 Å². The standard InChI is InChI=1S/C22H28N4O10S/c27-18(28)9-24(10-19(29)30)5-6-26(13-22(35)36)17(8-25(11-20(31)32)12-21(33)34)7-15-1-3-16(4-2-15)23-14-37/h1-4,17H,5-13H2,(H,27,28)(H,29,30)(H,31,32)(H,33,34)(H,35,36). The summed E-state index contributed by atoms with van der Waals surface area (Å²) >= 11 is 4.57. The van der Waals surface area contributed by atoms with Crippen LogP contribution in [0.1, 0.15) is 5.56 Å². The van der Waals surface area contributed by atoms with Gasteiger partial charge >= 0.3 is 29.8 Å². The number of aliphatic imine (C=N–C) groups is 1. The number of isothiocyanates is 1. The van der Waals surface area contributed by atoms with Crippen LogP contribution in [0.5, 0.6) is 0 Å². The van der Waals surface area contributed by atoms with Crippen molar-refractivity contribution in [3.63, 3.8) is 0 Å². The Morgan fingerprint density at radius 2 is 1.19 bits per heavy atom. The molecule has 1 atom stereocenters. The Morgan fingerprint density at radius 3 is 1.62 bits per heavy atom. The third-order valence-corrected chi connectivity index (χ3v) is 5.14. The maximum Gasteiger partial charge on any atom is 0.317 e. The fraction of sp³-hybridized carbons (Fsp3) is 0.455. The van der Waals surface area contributed by atoms with Gasteiger partial charge in [-0.25, -0.2) is 0 Å². The van der Waals surface area contributed by atoms with Gasteiger partial charge < -0.3 is 25.5 Å². The Morgan fingerprint density at radius 1 is 0.730 bits per heavy atom. The summed E-state index contributed by atoms with van der Waals surface area (Å²) in [6.07, 6.45) is 0.169. The van der Waals surface area contributed by atoms with Crippen LogP contribution in [0.3, 0.4) is 0 Å². The number of rotatable bonds is 19. The van der Waals surface area contributed by atoms with Crippen LogP contribution in [0.2, 0.25) is 0 Å². The first kappa shape index (κ1) is 31.3. The molecule has 15 heteroatoms. The van der Waals surface area contributed by atoms with Crippen LogP contribution in [0.4, 0.5) is 5.69 Å². The number of hydrogen-bond acceptors (Lipinski definition) is 10. The summed E-state index contributed by atoms with van der Waals surface area (Å²) in [7, 11) is 0. The SMILES string of the molecule is O=C(O)CN(CCN(CC(=O)O)C(Cc1ccc(N=C=S)cc1)CN(CC(=O)O)CC(=O)O)CC(=O)O. The van der Waals surface area contributed by atoms with Crippen LogP contribution < -0.4 is 0 Å². The predicted molar refractivity (Wildman–Crippen MR) is 131 cm³/mol. The van der Waals surface area contributed by atoms with Gasteiger partial charge in [-0.3, -0.25) is 38.7 Å². The van der Waals surface area contributed by atoms with Gasteiger partial charge in [0, 0.05) is 25.7 Å². The van der Waals surface area contributed by atoms with Crippen LogP contribution in [0.25, 0.3) is 0 Å². The van der Waals surface area contributed by atoms with Crippen molar-refractivity contribution in [2.45, 2.75) is 12.5 Å². The fourth-order valence-electron chi connectivity index (χ4n) is 3.64. The van der Waals surface area contributed by atoms with Crippen molar-refractivity contribution >= 4 is 52.9 Å². The Bertz CT molecular complexity index is 981. The first-order valence-corrected chi connectivity index (χ1v) is 11.2. The number of carbonyl (C=O) groups is 5. The monoisotopic (exact) mass is 540 g/mol. The number of carboxylic acid groups (broad SMARTS) is 5. The second kappa shape index (κ2) is 16.1. The molecule has 1 rings (SSSR count). The highest BCUT2D eigenvalue weighted by Crippen LogP contribution is 2.16. The molecule has 1 aromatic carbocycles. The van der Waals surface area contributed by atoms with Crippen LogP contribution in [-0.4, -0.2) is 134 Å². The molecule has 1 unspecified atom stereocenters. The Labute approximate surface area is 217 Å². The van der Waals surface area contributed by atoms with E-state index >= 15 is 0 Å². The second-order valence-electron chi connectivity index (χ2n) is 8.05. The molecule has 0 aliphatic rings. The normalized spacial score (nSPS) is 11.8. The minimum Gasteiger partial charge on any atom is -0.480 e. The molecule has 0 spiro atoms. The molecule has 14 nitrogen and oxygen atoms in total. The third-order valence-electron chi connectivity index (χ3n) is 5.05. The van der Waals surface area contributed by atoms with Gasteiger partial charge in [0.1, 0.15) is 0 Å². The largest absolute Gasteiger partial charge is 0.480 e. The zero-order valence-electron chi connectivity index (χ0n) is 19.7. The number of hydrogen-bond donors (Lipinski definition) is 5. The summed E-state index contributed by atoms with van der Waals surface area (Å²) in [5, 5.41) is 48.3. The highest BCUT2D eigenvalue weighted by molar-refractivity contribution is 7.78. The average molecular weight is 541 g/mol. The summed E-state index contributed by atoms with van der Waals surface area (Å²) < 4.78 is 0. The van der Waals surface area contributed by atoms with E-state index in [1.165, 1.54) is 4.90 Å². The van der Waals surface area contributed by atoms with E-state index in [0.717, 1.165) is 9.80 Å². The molecule has 0 aromatic heterocycles. The zero-order chi connectivity index (χ0) is 28.0. The van der Waals surface area contributed by atoms with E-state index in [2.05, 4.69) is 22.4 Å². The average Bonchev–Trinajstić information content (AvgIpc) is 2.75. The lowest BCUT2D eigenvalue weighted by Gasteiger charge is -2.35. The number of benzene rings is 1. The van der Waals surface area contributed by atoms with Gasteiger partial charge in [0.05, 0.1) is 43.6 Å². The number of nitrogens with zero attached hydrogens (tertiary/aromatic N) is 4. The molecule has 202 valence electrons. The maximum absolute atomic E-state index is 11.7. The Kier molecular flexibility index (Phi) is 13.6. The molecule has 0 aliphatic heterocycles. The number of carboxylic acids is 5. The van der Waals surface area contributed by atoms with E-state index in [4.69, 9.17) is 10.2 Å². The molecule has 0 radical (unpaired) electrons. The summed E-state index contributed by atoms with van der Waals surface area (Å²) in [5.74, 6) is -6.32. The van der Waals surface area contributed by atoms with Crippen LogP contribution >= 0.6 is 12.2 Å². The summed E-state index contributed by atoms with van der Waals surface area (Å²) in [6.45, 7) is -3.31. The van der Waals surface area contributed by atoms with Gasteiger partial charge in [-0.2, -0.15) is 4.99 Å². The molecule has 1 aromatic rings. The first-order valence-electron chi connectivity index (χ1n) is 10.8. The van der Waals surface area contributed by atoms with E-state index in [9.17, 15) is 39.3 Å². The van der Waals surface area contributed by atoms with Crippen molar-refractivity contribution in [3.05, 3.63) is 29.8 Å². The lowest BCUT2D eigenvalue weighted by molar-refractivity contribution is -0.143. The molecular formula is C22H28N4O10S. The molecule has 0 saturated carbocycles. The van der Waals surface area contributed by atoms with Gasteiger partial charge in [0.15, 0.2) is 0 Å². The van der Waals surface area contributed by atoms with Crippen molar-refractivity contribution in [2.24, 2.45) is 4.99 Å². The maximum atomic E-state index is 11.7. The van der Waals surface area contributed by atoms with Crippen molar-refractivity contribution in [3.8, 4) is 0 Å². The molecule has 37 heavy (non-hydrogen) atoms. The summed E-state index contributed by atoms with van der Waals surface area (Å²) in [5.41, 5.74) is 1.22.